The van der Waals surface area contributed by atoms with Crippen molar-refractivity contribution in [1.29, 1.82) is 0 Å². The fourth-order valence-corrected chi connectivity index (χ4v) is 3.38. The summed E-state index contributed by atoms with van der Waals surface area (Å²) in [6, 6.07) is 18.5. The third-order valence-corrected chi connectivity index (χ3v) is 5.42. The summed E-state index contributed by atoms with van der Waals surface area (Å²) in [4.78, 5) is 25.4. The largest absolute Gasteiger partial charge is 0.573 e. The van der Waals surface area contributed by atoms with Gasteiger partial charge < -0.3 is 20.1 Å². The number of ether oxygens (including phenoxy) is 2. The fraction of sp³-hybridized carbons (Fsp3) is 0.200. The van der Waals surface area contributed by atoms with Crippen LogP contribution in [0.2, 0.25) is 0 Å². The normalized spacial score (nSPS) is 12.9. The Hall–Kier alpha value is -3.66. The molecule has 2 atom stereocenters. The number of alkyl carbamates (subject to hydrolysis) is 1. The monoisotopic (exact) mass is 504 g/mol. The van der Waals surface area contributed by atoms with Gasteiger partial charge in [0.15, 0.2) is 0 Å². The van der Waals surface area contributed by atoms with Crippen molar-refractivity contribution in [2.24, 2.45) is 0 Å². The maximum atomic E-state index is 12.5. The standard InChI is InChI=1S/C25H23F3N2O4S/c1-15(17-7-9-19(10-8-17)23(31)30-21-5-3-4-6-22(21)35)29-24(32)33-16(2)18-11-13-20(14-12-18)34-25(26,27)28/h3-16,35H,1-2H3,(H,29,32)(H,30,31)/t15-,16+/m1/s1. The van der Waals surface area contributed by atoms with Gasteiger partial charge in [0.25, 0.3) is 5.91 Å². The molecule has 0 bridgehead atoms. The fourth-order valence-electron chi connectivity index (χ4n) is 3.16. The van der Waals surface area contributed by atoms with Crippen molar-refractivity contribution >= 4 is 30.3 Å². The first-order valence-corrected chi connectivity index (χ1v) is 11.0. The number of thiol groups is 1. The van der Waals surface area contributed by atoms with Crippen LogP contribution in [0.25, 0.3) is 0 Å². The molecule has 35 heavy (non-hydrogen) atoms. The summed E-state index contributed by atoms with van der Waals surface area (Å²) in [7, 11) is 0. The molecule has 0 saturated carbocycles. The van der Waals surface area contributed by atoms with Gasteiger partial charge in [0.2, 0.25) is 0 Å². The van der Waals surface area contributed by atoms with E-state index in [1.54, 1.807) is 56.3 Å². The maximum absolute atomic E-state index is 12.5. The second-order valence-electron chi connectivity index (χ2n) is 7.62. The first kappa shape index (κ1) is 26.0. The summed E-state index contributed by atoms with van der Waals surface area (Å²) in [6.07, 6.45) is -6.18. The Morgan fingerprint density at radius 1 is 0.886 bits per heavy atom. The molecule has 2 amide bonds. The predicted octanol–water partition coefficient (Wildman–Crippen LogP) is 6.67. The minimum atomic E-state index is -4.78. The average molecular weight is 505 g/mol. The molecule has 2 N–H and O–H groups in total. The lowest BCUT2D eigenvalue weighted by atomic mass is 10.1. The molecule has 0 aliphatic carbocycles. The van der Waals surface area contributed by atoms with Crippen molar-refractivity contribution in [3.8, 4) is 5.75 Å². The van der Waals surface area contributed by atoms with E-state index in [4.69, 9.17) is 4.74 Å². The number of hydrogen-bond donors (Lipinski definition) is 3. The van der Waals surface area contributed by atoms with E-state index in [-0.39, 0.29) is 11.7 Å². The first-order valence-electron chi connectivity index (χ1n) is 10.5. The molecule has 6 nitrogen and oxygen atoms in total. The van der Waals surface area contributed by atoms with E-state index in [1.807, 2.05) is 6.07 Å². The van der Waals surface area contributed by atoms with Crippen molar-refractivity contribution < 1.29 is 32.2 Å². The number of amides is 2. The van der Waals surface area contributed by atoms with Crippen LogP contribution in [-0.4, -0.2) is 18.4 Å². The molecule has 3 aromatic carbocycles. The topological polar surface area (TPSA) is 76.7 Å². The van der Waals surface area contributed by atoms with Crippen LogP contribution in [0.3, 0.4) is 0 Å². The van der Waals surface area contributed by atoms with Crippen LogP contribution in [0.4, 0.5) is 23.7 Å². The lowest BCUT2D eigenvalue weighted by molar-refractivity contribution is -0.274. The molecule has 0 aromatic heterocycles. The number of anilines is 1. The van der Waals surface area contributed by atoms with Crippen LogP contribution in [-0.2, 0) is 4.74 Å². The van der Waals surface area contributed by atoms with Gasteiger partial charge >= 0.3 is 12.5 Å². The summed E-state index contributed by atoms with van der Waals surface area (Å²) in [5, 5.41) is 5.48. The quantitative estimate of drug-likeness (QED) is 0.314. The minimum absolute atomic E-state index is 0.293. The predicted molar refractivity (Wildman–Crippen MR) is 128 cm³/mol. The second-order valence-corrected chi connectivity index (χ2v) is 8.11. The molecule has 0 radical (unpaired) electrons. The number of para-hydroxylation sites is 1. The van der Waals surface area contributed by atoms with Gasteiger partial charge in [-0.2, -0.15) is 0 Å². The number of rotatable bonds is 7. The van der Waals surface area contributed by atoms with Crippen LogP contribution >= 0.6 is 12.6 Å². The minimum Gasteiger partial charge on any atom is -0.442 e. The zero-order valence-electron chi connectivity index (χ0n) is 18.8. The van der Waals surface area contributed by atoms with Crippen LogP contribution in [0.15, 0.2) is 77.7 Å². The van der Waals surface area contributed by atoms with Gasteiger partial charge in [-0.1, -0.05) is 36.4 Å². The van der Waals surface area contributed by atoms with Gasteiger partial charge in [-0.05, 0) is 61.4 Å². The highest BCUT2D eigenvalue weighted by molar-refractivity contribution is 7.80. The summed E-state index contributed by atoms with van der Waals surface area (Å²) in [5.41, 5.74) is 2.28. The van der Waals surface area contributed by atoms with E-state index in [9.17, 15) is 22.8 Å². The smallest absolute Gasteiger partial charge is 0.442 e. The highest BCUT2D eigenvalue weighted by Gasteiger charge is 2.31. The molecule has 0 saturated heterocycles. The summed E-state index contributed by atoms with van der Waals surface area (Å²) < 4.78 is 46.0. The third-order valence-electron chi connectivity index (χ3n) is 5.03. The van der Waals surface area contributed by atoms with E-state index < -0.39 is 24.6 Å². The highest BCUT2D eigenvalue weighted by atomic mass is 32.1. The van der Waals surface area contributed by atoms with Gasteiger partial charge in [-0.15, -0.1) is 25.8 Å². The zero-order valence-corrected chi connectivity index (χ0v) is 19.7. The summed E-state index contributed by atoms with van der Waals surface area (Å²) in [6.45, 7) is 3.35. The molecule has 0 aliphatic heterocycles. The maximum Gasteiger partial charge on any atom is 0.573 e. The molecule has 10 heteroatoms. The number of benzene rings is 3. The highest BCUT2D eigenvalue weighted by Crippen LogP contribution is 2.26. The van der Waals surface area contributed by atoms with Gasteiger partial charge in [0.1, 0.15) is 11.9 Å². The second kappa shape index (κ2) is 11.2. The van der Waals surface area contributed by atoms with Gasteiger partial charge in [-0.3, -0.25) is 4.79 Å². The number of halogens is 3. The van der Waals surface area contributed by atoms with E-state index in [1.165, 1.54) is 12.1 Å². The molecule has 0 spiro atoms. The molecule has 0 heterocycles. The van der Waals surface area contributed by atoms with Crippen LogP contribution in [0, 0.1) is 0 Å². The molecule has 3 rings (SSSR count). The Morgan fingerprint density at radius 3 is 2.09 bits per heavy atom. The van der Waals surface area contributed by atoms with Crippen molar-refractivity contribution in [2.45, 2.75) is 37.3 Å². The number of carbonyl (C=O) groups excluding carboxylic acids is 2. The molecule has 0 fully saturated rings. The lowest BCUT2D eigenvalue weighted by Gasteiger charge is -2.18. The van der Waals surface area contributed by atoms with Crippen molar-refractivity contribution in [1.82, 2.24) is 5.32 Å². The Labute approximate surface area is 205 Å². The number of carbonyl (C=O) groups is 2. The molecular formula is C25H23F3N2O4S. The summed E-state index contributed by atoms with van der Waals surface area (Å²) in [5.74, 6) is -0.656. The van der Waals surface area contributed by atoms with E-state index in [0.717, 1.165) is 17.7 Å². The number of nitrogens with one attached hydrogen (secondary N) is 2. The SMILES string of the molecule is C[C@H](OC(=O)N[C@H](C)c1ccc(C(=O)Nc2ccccc2S)cc1)c1ccc(OC(F)(F)F)cc1. The van der Waals surface area contributed by atoms with Crippen molar-refractivity contribution in [2.75, 3.05) is 5.32 Å². The Kier molecular flexibility index (Phi) is 8.29. The molecule has 0 unspecified atom stereocenters. The molecule has 3 aromatic rings. The van der Waals surface area contributed by atoms with Crippen LogP contribution in [0.5, 0.6) is 5.75 Å². The lowest BCUT2D eigenvalue weighted by Crippen LogP contribution is -2.28. The number of alkyl halides is 3. The Morgan fingerprint density at radius 2 is 1.49 bits per heavy atom. The first-order chi connectivity index (χ1) is 16.5. The van der Waals surface area contributed by atoms with Crippen molar-refractivity contribution in [3.05, 3.63) is 89.5 Å². The van der Waals surface area contributed by atoms with Crippen LogP contribution in [0.1, 0.15) is 47.5 Å². The van der Waals surface area contributed by atoms with E-state index in [2.05, 4.69) is 28.0 Å². The van der Waals surface area contributed by atoms with Crippen molar-refractivity contribution in [3.63, 3.8) is 0 Å². The van der Waals surface area contributed by atoms with Crippen LogP contribution < -0.4 is 15.4 Å². The van der Waals surface area contributed by atoms with E-state index in [0.29, 0.717) is 21.7 Å². The molecular weight excluding hydrogens is 481 g/mol. The Bertz CT molecular complexity index is 1170. The Balaban J connectivity index is 1.53. The summed E-state index contributed by atoms with van der Waals surface area (Å²) >= 11 is 4.31. The third kappa shape index (κ3) is 7.68. The number of hydrogen-bond acceptors (Lipinski definition) is 5. The van der Waals surface area contributed by atoms with E-state index >= 15 is 0 Å². The zero-order chi connectivity index (χ0) is 25.6. The molecule has 0 aliphatic rings. The average Bonchev–Trinajstić information content (AvgIpc) is 2.80. The van der Waals surface area contributed by atoms with Gasteiger partial charge in [0.05, 0.1) is 11.7 Å². The van der Waals surface area contributed by atoms with Gasteiger partial charge in [0, 0.05) is 10.5 Å². The molecule has 184 valence electrons. The van der Waals surface area contributed by atoms with Gasteiger partial charge in [-0.25, -0.2) is 4.79 Å².